The Kier molecular flexibility index (Phi) is 1.90. The van der Waals surface area contributed by atoms with Crippen LogP contribution in [0.2, 0.25) is 0 Å². The van der Waals surface area contributed by atoms with Crippen LogP contribution in [0.4, 0.5) is 0 Å². The number of alkyl halides is 1. The van der Waals surface area contributed by atoms with Crippen molar-refractivity contribution in [2.75, 3.05) is 0 Å². The maximum Gasteiger partial charge on any atom is 0.348 e. The molecule has 6 rings (SSSR count). The monoisotopic (exact) mass is 364 g/mol. The highest BCUT2D eigenvalue weighted by Gasteiger charge is 2.82. The number of cyclic esters (lactones) is 2. The standard InChI is InChI=1S/C17H17BrO4/c1-17(2)21-15(19)13(16(20)22-17)11-8-4-3-5-7-6(4)10(11)12(7)14(18)9(5)8/h4-10,12,14H,3H2,1-2H3/t4-,5-,6+,7-,8+,9-,10+,12+,14-/m0/s1. The lowest BCUT2D eigenvalue weighted by atomic mass is 9.58. The number of carbonyl (C=O) groups is 2. The summed E-state index contributed by atoms with van der Waals surface area (Å²) in [6, 6.07) is 0. The average Bonchev–Trinajstić information content (AvgIpc) is 2.87. The Morgan fingerprint density at radius 3 is 2.32 bits per heavy atom. The lowest BCUT2D eigenvalue weighted by molar-refractivity contribution is -0.222. The lowest BCUT2D eigenvalue weighted by Crippen LogP contribution is -2.48. The summed E-state index contributed by atoms with van der Waals surface area (Å²) in [5, 5.41) is 0. The highest BCUT2D eigenvalue weighted by Crippen LogP contribution is 2.85. The minimum Gasteiger partial charge on any atom is -0.419 e. The third-order valence-electron chi connectivity index (χ3n) is 7.45. The van der Waals surface area contributed by atoms with Crippen molar-refractivity contribution in [2.45, 2.75) is 30.9 Å². The summed E-state index contributed by atoms with van der Waals surface area (Å²) < 4.78 is 10.7. The Labute approximate surface area is 136 Å². The number of halogens is 1. The van der Waals surface area contributed by atoms with Gasteiger partial charge in [-0.05, 0) is 59.3 Å². The summed E-state index contributed by atoms with van der Waals surface area (Å²) in [4.78, 5) is 25.6. The van der Waals surface area contributed by atoms with E-state index in [0.717, 1.165) is 23.3 Å². The van der Waals surface area contributed by atoms with Crippen molar-refractivity contribution in [3.05, 3.63) is 11.1 Å². The van der Waals surface area contributed by atoms with Crippen LogP contribution < -0.4 is 0 Å². The van der Waals surface area contributed by atoms with Crippen LogP contribution in [0, 0.1) is 47.3 Å². The zero-order valence-electron chi connectivity index (χ0n) is 12.4. The van der Waals surface area contributed by atoms with E-state index in [0.29, 0.717) is 34.4 Å². The highest BCUT2D eigenvalue weighted by atomic mass is 79.9. The Hall–Kier alpha value is -0.840. The molecule has 5 saturated carbocycles. The molecule has 1 heterocycles. The number of fused-ring (bicyclic) bond motifs is 2. The fourth-order valence-corrected chi connectivity index (χ4v) is 8.75. The molecule has 0 aromatic carbocycles. The molecule has 6 fully saturated rings. The van der Waals surface area contributed by atoms with Crippen LogP contribution in [0.25, 0.3) is 0 Å². The molecule has 1 saturated heterocycles. The number of allylic oxidation sites excluding steroid dienone is 1. The Bertz CT molecular complexity index is 673. The first-order valence-corrected chi connectivity index (χ1v) is 9.17. The third-order valence-corrected chi connectivity index (χ3v) is 8.67. The SMILES string of the molecule is CC1(C)OC(=O)C(=C2[C@@H]3[C@H]4C[C@H]5[C@@H]6[C@@H]([C@@H](Br)[C@@H]53)[C@@H]2[C@H]46)C(=O)O1. The van der Waals surface area contributed by atoms with E-state index >= 15 is 0 Å². The van der Waals surface area contributed by atoms with E-state index in [1.807, 2.05) is 0 Å². The van der Waals surface area contributed by atoms with E-state index in [2.05, 4.69) is 15.9 Å². The van der Waals surface area contributed by atoms with Gasteiger partial charge in [0.1, 0.15) is 5.57 Å². The van der Waals surface area contributed by atoms with Crippen LogP contribution in [0.5, 0.6) is 0 Å². The first-order chi connectivity index (χ1) is 10.4. The molecule has 116 valence electrons. The topological polar surface area (TPSA) is 52.6 Å². The molecule has 0 N–H and O–H groups in total. The highest BCUT2D eigenvalue weighted by molar-refractivity contribution is 9.09. The minimum atomic E-state index is -1.14. The van der Waals surface area contributed by atoms with Gasteiger partial charge >= 0.3 is 11.9 Å². The molecule has 0 aromatic heterocycles. The molecule has 0 unspecified atom stereocenters. The number of ether oxygens (including phenoxy) is 2. The molecule has 4 nitrogen and oxygen atoms in total. The summed E-state index contributed by atoms with van der Waals surface area (Å²) >= 11 is 3.93. The van der Waals surface area contributed by atoms with Crippen molar-refractivity contribution in [3.63, 3.8) is 0 Å². The molecule has 5 heteroatoms. The average molecular weight is 365 g/mol. The smallest absolute Gasteiger partial charge is 0.348 e. The number of rotatable bonds is 0. The van der Waals surface area contributed by atoms with E-state index in [-0.39, 0.29) is 5.57 Å². The summed E-state index contributed by atoms with van der Waals surface area (Å²) in [5.74, 6) is 3.08. The minimum absolute atomic E-state index is 0.247. The molecular formula is C17H17BrO4. The van der Waals surface area contributed by atoms with Crippen LogP contribution in [0.3, 0.4) is 0 Å². The van der Waals surface area contributed by atoms with E-state index in [1.54, 1.807) is 13.8 Å². The molecule has 1 aliphatic heterocycles. The van der Waals surface area contributed by atoms with Crippen LogP contribution >= 0.6 is 15.9 Å². The maximum atomic E-state index is 12.5. The fraction of sp³-hybridized carbons (Fsp3) is 0.765. The van der Waals surface area contributed by atoms with Crippen LogP contribution in [-0.2, 0) is 19.1 Å². The number of carbonyl (C=O) groups excluding carboxylic acids is 2. The van der Waals surface area contributed by atoms with Crippen molar-refractivity contribution < 1.29 is 19.1 Å². The van der Waals surface area contributed by atoms with Crippen LogP contribution in [0.1, 0.15) is 20.3 Å². The first kappa shape index (κ1) is 12.6. The molecule has 0 spiro atoms. The van der Waals surface area contributed by atoms with Crippen molar-refractivity contribution in [3.8, 4) is 0 Å². The largest absolute Gasteiger partial charge is 0.419 e. The van der Waals surface area contributed by atoms with E-state index in [9.17, 15) is 9.59 Å². The summed E-state index contributed by atoms with van der Waals surface area (Å²) in [6.45, 7) is 3.22. The molecule has 2 bridgehead atoms. The quantitative estimate of drug-likeness (QED) is 0.286. The second kappa shape index (κ2) is 3.33. The van der Waals surface area contributed by atoms with Gasteiger partial charge < -0.3 is 9.47 Å². The van der Waals surface area contributed by atoms with E-state index in [1.165, 1.54) is 6.42 Å². The number of hydrogen-bond donors (Lipinski definition) is 0. The number of esters is 2. The fourth-order valence-electron chi connectivity index (χ4n) is 7.35. The van der Waals surface area contributed by atoms with Crippen molar-refractivity contribution >= 4 is 27.9 Å². The normalized spacial score (nSPS) is 58.2. The second-order valence-corrected chi connectivity index (χ2v) is 9.44. The van der Waals surface area contributed by atoms with Gasteiger partial charge in [0.05, 0.1) is 0 Å². The van der Waals surface area contributed by atoms with Crippen LogP contribution in [0.15, 0.2) is 11.1 Å². The Balaban J connectivity index is 1.53. The molecule has 9 atom stereocenters. The van der Waals surface area contributed by atoms with Gasteiger partial charge in [-0.2, -0.15) is 0 Å². The third kappa shape index (κ3) is 1.06. The molecular weight excluding hydrogens is 348 g/mol. The van der Waals surface area contributed by atoms with Gasteiger partial charge in [-0.15, -0.1) is 0 Å². The van der Waals surface area contributed by atoms with E-state index < -0.39 is 17.7 Å². The van der Waals surface area contributed by atoms with Gasteiger partial charge in [-0.25, -0.2) is 9.59 Å². The molecule has 0 aromatic rings. The molecule has 5 aliphatic carbocycles. The summed E-state index contributed by atoms with van der Waals surface area (Å²) in [5.41, 5.74) is 1.36. The Morgan fingerprint density at radius 1 is 0.955 bits per heavy atom. The predicted molar refractivity (Wildman–Crippen MR) is 78.5 cm³/mol. The van der Waals surface area contributed by atoms with Gasteiger partial charge in [0.15, 0.2) is 0 Å². The van der Waals surface area contributed by atoms with Crippen molar-refractivity contribution in [1.29, 1.82) is 0 Å². The zero-order chi connectivity index (χ0) is 15.1. The molecule has 6 aliphatic rings. The van der Waals surface area contributed by atoms with Gasteiger partial charge in [0.25, 0.3) is 5.79 Å². The molecule has 0 radical (unpaired) electrons. The van der Waals surface area contributed by atoms with Crippen molar-refractivity contribution in [2.24, 2.45) is 47.3 Å². The number of hydrogen-bond acceptors (Lipinski definition) is 4. The van der Waals surface area contributed by atoms with Gasteiger partial charge in [-0.1, -0.05) is 15.9 Å². The van der Waals surface area contributed by atoms with E-state index in [4.69, 9.17) is 9.47 Å². The van der Waals surface area contributed by atoms with Gasteiger partial charge in [-0.3, -0.25) is 0 Å². The van der Waals surface area contributed by atoms with Crippen LogP contribution in [-0.4, -0.2) is 22.6 Å². The van der Waals surface area contributed by atoms with Gasteiger partial charge in [0, 0.05) is 18.7 Å². The van der Waals surface area contributed by atoms with Crippen molar-refractivity contribution in [1.82, 2.24) is 0 Å². The molecule has 0 amide bonds. The summed E-state index contributed by atoms with van der Waals surface area (Å²) in [6.07, 6.45) is 1.30. The zero-order valence-corrected chi connectivity index (χ0v) is 14.0. The lowest BCUT2D eigenvalue weighted by Gasteiger charge is -2.48. The molecule has 22 heavy (non-hydrogen) atoms. The first-order valence-electron chi connectivity index (χ1n) is 8.25. The predicted octanol–water partition coefficient (Wildman–Crippen LogP) is 2.27. The second-order valence-electron chi connectivity index (χ2n) is 8.38. The maximum absolute atomic E-state index is 12.5. The van der Waals surface area contributed by atoms with Gasteiger partial charge in [0.2, 0.25) is 0 Å². The summed E-state index contributed by atoms with van der Waals surface area (Å²) in [7, 11) is 0. The Morgan fingerprint density at radius 2 is 1.64 bits per heavy atom.